The van der Waals surface area contributed by atoms with Gasteiger partial charge in [0, 0.05) is 6.61 Å². The lowest BCUT2D eigenvalue weighted by Crippen LogP contribution is -2.47. The van der Waals surface area contributed by atoms with Crippen LogP contribution in [-0.2, 0) is 11.3 Å². The first-order chi connectivity index (χ1) is 11.8. The van der Waals surface area contributed by atoms with E-state index in [1.807, 2.05) is 36.5 Å². The van der Waals surface area contributed by atoms with Crippen LogP contribution >= 0.6 is 0 Å². The molecule has 1 aromatic carbocycles. The largest absolute Gasteiger partial charge is 0.376 e. The van der Waals surface area contributed by atoms with Gasteiger partial charge >= 0.3 is 6.03 Å². The number of amides is 2. The minimum absolute atomic E-state index is 0.0486. The first-order valence-electron chi connectivity index (χ1n) is 8.39. The second-order valence-corrected chi connectivity index (χ2v) is 5.88. The number of benzene rings is 1. The van der Waals surface area contributed by atoms with Crippen LogP contribution in [0.5, 0.6) is 0 Å². The Morgan fingerprint density at radius 1 is 1.42 bits per heavy atom. The van der Waals surface area contributed by atoms with Crippen LogP contribution in [0.15, 0.2) is 36.5 Å². The molecule has 24 heavy (non-hydrogen) atoms. The van der Waals surface area contributed by atoms with E-state index in [0.717, 1.165) is 31.6 Å². The number of urea groups is 1. The molecule has 0 saturated carbocycles. The Bertz CT molecular complexity index is 652. The van der Waals surface area contributed by atoms with Gasteiger partial charge in [0.15, 0.2) is 0 Å². The van der Waals surface area contributed by atoms with E-state index in [-0.39, 0.29) is 18.2 Å². The molecule has 7 heteroatoms. The summed E-state index contributed by atoms with van der Waals surface area (Å²) >= 11 is 0. The molecule has 0 radical (unpaired) electrons. The highest BCUT2D eigenvalue weighted by atomic mass is 16.5. The van der Waals surface area contributed by atoms with E-state index in [2.05, 4.69) is 27.9 Å². The third-order valence-corrected chi connectivity index (χ3v) is 4.16. The van der Waals surface area contributed by atoms with E-state index in [9.17, 15) is 4.79 Å². The maximum Gasteiger partial charge on any atom is 0.315 e. The third kappa shape index (κ3) is 4.11. The van der Waals surface area contributed by atoms with Gasteiger partial charge in [-0.25, -0.2) is 9.48 Å². The molecule has 2 atom stereocenters. The standard InChI is InChI=1S/C17H23N5O2/c1-2-15(16-9-6-10-24-16)19-17(23)18-11-13-12-22(21-20-13)14-7-4-3-5-8-14/h3-5,7-8,12,15-16H,2,6,9-11H2,1H3,(H2,18,19,23)/t15-,16-/m0/s1. The number of carbonyl (C=O) groups excluding carboxylic acids is 1. The van der Waals surface area contributed by atoms with E-state index >= 15 is 0 Å². The number of rotatable bonds is 6. The maximum absolute atomic E-state index is 12.1. The summed E-state index contributed by atoms with van der Waals surface area (Å²) in [6.07, 6.45) is 4.85. The van der Waals surface area contributed by atoms with Gasteiger partial charge in [-0.1, -0.05) is 30.3 Å². The number of aromatic nitrogens is 3. The zero-order valence-corrected chi connectivity index (χ0v) is 13.8. The molecule has 1 saturated heterocycles. The average Bonchev–Trinajstić information content (AvgIpc) is 3.30. The molecule has 2 heterocycles. The summed E-state index contributed by atoms with van der Waals surface area (Å²) in [6, 6.07) is 9.58. The minimum Gasteiger partial charge on any atom is -0.376 e. The molecular formula is C17H23N5O2. The Kier molecular flexibility index (Phi) is 5.43. The van der Waals surface area contributed by atoms with Crippen molar-refractivity contribution in [3.63, 3.8) is 0 Å². The predicted octanol–water partition coefficient (Wildman–Crippen LogP) is 2.02. The van der Waals surface area contributed by atoms with Crippen molar-refractivity contribution in [1.82, 2.24) is 25.6 Å². The van der Waals surface area contributed by atoms with Gasteiger partial charge in [-0.05, 0) is 31.4 Å². The number of nitrogens with one attached hydrogen (secondary N) is 2. The van der Waals surface area contributed by atoms with Gasteiger partial charge in [-0.2, -0.15) is 0 Å². The van der Waals surface area contributed by atoms with Crippen LogP contribution in [0, 0.1) is 0 Å². The normalized spacial score (nSPS) is 18.3. The highest BCUT2D eigenvalue weighted by molar-refractivity contribution is 5.74. The SMILES string of the molecule is CC[C@H](NC(=O)NCc1cn(-c2ccccc2)nn1)[C@@H]1CCCO1. The number of carbonyl (C=O) groups is 1. The van der Waals surface area contributed by atoms with Gasteiger partial charge in [-0.15, -0.1) is 5.10 Å². The third-order valence-electron chi connectivity index (χ3n) is 4.16. The van der Waals surface area contributed by atoms with Crippen LogP contribution in [0.1, 0.15) is 31.9 Å². The maximum atomic E-state index is 12.1. The number of hydrogen-bond acceptors (Lipinski definition) is 4. The van der Waals surface area contributed by atoms with Crippen molar-refractivity contribution >= 4 is 6.03 Å². The molecule has 0 aliphatic carbocycles. The van der Waals surface area contributed by atoms with Crippen LogP contribution in [-0.4, -0.2) is 39.8 Å². The Hall–Kier alpha value is -2.41. The van der Waals surface area contributed by atoms with Crippen LogP contribution < -0.4 is 10.6 Å². The van der Waals surface area contributed by atoms with Crippen LogP contribution in [0.25, 0.3) is 5.69 Å². The zero-order chi connectivity index (χ0) is 16.8. The lowest BCUT2D eigenvalue weighted by atomic mass is 10.1. The molecule has 2 amide bonds. The van der Waals surface area contributed by atoms with Crippen molar-refractivity contribution in [3.05, 3.63) is 42.2 Å². The molecule has 0 unspecified atom stereocenters. The summed E-state index contributed by atoms with van der Waals surface area (Å²) in [4.78, 5) is 12.1. The highest BCUT2D eigenvalue weighted by Crippen LogP contribution is 2.17. The minimum atomic E-state index is -0.202. The summed E-state index contributed by atoms with van der Waals surface area (Å²) in [7, 11) is 0. The molecule has 0 bridgehead atoms. The van der Waals surface area contributed by atoms with Crippen molar-refractivity contribution in [2.45, 2.75) is 44.9 Å². The van der Waals surface area contributed by atoms with E-state index in [1.54, 1.807) is 4.68 Å². The number of ether oxygens (including phenoxy) is 1. The van der Waals surface area contributed by atoms with Gasteiger partial charge in [0.05, 0.1) is 30.6 Å². The lowest BCUT2D eigenvalue weighted by molar-refractivity contribution is 0.0796. The molecular weight excluding hydrogens is 306 g/mol. The molecule has 2 N–H and O–H groups in total. The lowest BCUT2D eigenvalue weighted by Gasteiger charge is -2.22. The summed E-state index contributed by atoms with van der Waals surface area (Å²) in [5, 5.41) is 14.0. The molecule has 2 aromatic rings. The molecule has 3 rings (SSSR count). The molecule has 7 nitrogen and oxygen atoms in total. The van der Waals surface area contributed by atoms with Gasteiger partial charge in [0.25, 0.3) is 0 Å². The second-order valence-electron chi connectivity index (χ2n) is 5.88. The Balaban J connectivity index is 1.50. The molecule has 1 aliphatic rings. The monoisotopic (exact) mass is 329 g/mol. The fourth-order valence-electron chi connectivity index (χ4n) is 2.85. The second kappa shape index (κ2) is 7.92. The van der Waals surface area contributed by atoms with Crippen LogP contribution in [0.2, 0.25) is 0 Å². The first-order valence-corrected chi connectivity index (χ1v) is 8.39. The molecule has 1 aliphatic heterocycles. The molecule has 0 spiro atoms. The predicted molar refractivity (Wildman–Crippen MR) is 89.8 cm³/mol. The number of nitrogens with zero attached hydrogens (tertiary/aromatic N) is 3. The van der Waals surface area contributed by atoms with Gasteiger partial charge in [0.2, 0.25) is 0 Å². The van der Waals surface area contributed by atoms with Crippen molar-refractivity contribution in [2.75, 3.05) is 6.61 Å². The van der Waals surface area contributed by atoms with E-state index in [0.29, 0.717) is 12.2 Å². The first kappa shape index (κ1) is 16.4. The van der Waals surface area contributed by atoms with Crippen LogP contribution in [0.4, 0.5) is 4.79 Å². The van der Waals surface area contributed by atoms with Crippen molar-refractivity contribution < 1.29 is 9.53 Å². The molecule has 1 aromatic heterocycles. The average molecular weight is 329 g/mol. The summed E-state index contributed by atoms with van der Waals surface area (Å²) in [5.74, 6) is 0. The fourth-order valence-corrected chi connectivity index (χ4v) is 2.85. The smallest absolute Gasteiger partial charge is 0.315 e. The Labute approximate surface area is 141 Å². The zero-order valence-electron chi connectivity index (χ0n) is 13.8. The number of para-hydroxylation sites is 1. The number of hydrogen-bond donors (Lipinski definition) is 2. The highest BCUT2D eigenvalue weighted by Gasteiger charge is 2.25. The van der Waals surface area contributed by atoms with Crippen molar-refractivity contribution in [3.8, 4) is 5.69 Å². The van der Waals surface area contributed by atoms with Gasteiger partial charge in [0.1, 0.15) is 5.69 Å². The Morgan fingerprint density at radius 2 is 2.25 bits per heavy atom. The molecule has 128 valence electrons. The van der Waals surface area contributed by atoms with Crippen molar-refractivity contribution in [2.24, 2.45) is 0 Å². The summed E-state index contributed by atoms with van der Waals surface area (Å²) in [5.41, 5.74) is 1.64. The van der Waals surface area contributed by atoms with Crippen LogP contribution in [0.3, 0.4) is 0 Å². The molecule has 1 fully saturated rings. The van der Waals surface area contributed by atoms with Gasteiger partial charge in [-0.3, -0.25) is 0 Å². The summed E-state index contributed by atoms with van der Waals surface area (Å²) < 4.78 is 7.34. The topological polar surface area (TPSA) is 81.1 Å². The Morgan fingerprint density at radius 3 is 2.96 bits per heavy atom. The van der Waals surface area contributed by atoms with Gasteiger partial charge < -0.3 is 15.4 Å². The quantitative estimate of drug-likeness (QED) is 0.849. The van der Waals surface area contributed by atoms with E-state index < -0.39 is 0 Å². The fraction of sp³-hybridized carbons (Fsp3) is 0.471. The van der Waals surface area contributed by atoms with E-state index in [1.165, 1.54) is 0 Å². The van der Waals surface area contributed by atoms with E-state index in [4.69, 9.17) is 4.74 Å². The summed E-state index contributed by atoms with van der Waals surface area (Å²) in [6.45, 7) is 3.17. The van der Waals surface area contributed by atoms with Crippen molar-refractivity contribution in [1.29, 1.82) is 0 Å².